The van der Waals surface area contributed by atoms with Crippen LogP contribution in [-0.4, -0.2) is 12.0 Å². The zero-order chi connectivity index (χ0) is 9.10. The summed E-state index contributed by atoms with van der Waals surface area (Å²) in [7, 11) is 1.88. The Morgan fingerprint density at radius 3 is 2.62 bits per heavy atom. The van der Waals surface area contributed by atoms with Crippen molar-refractivity contribution in [1.82, 2.24) is 4.98 Å². The first-order valence-electron chi connectivity index (χ1n) is 4.09. The van der Waals surface area contributed by atoms with Gasteiger partial charge in [0.25, 0.3) is 0 Å². The van der Waals surface area contributed by atoms with Gasteiger partial charge < -0.3 is 5.32 Å². The molecule has 0 spiro atoms. The molecule has 2 nitrogen and oxygen atoms in total. The molecule has 1 aromatic carbocycles. The number of rotatable bonds is 2. The van der Waals surface area contributed by atoms with Crippen LogP contribution in [0.1, 0.15) is 0 Å². The molecule has 0 fully saturated rings. The van der Waals surface area contributed by atoms with Crippen molar-refractivity contribution in [2.45, 2.75) is 0 Å². The Balaban J connectivity index is 2.36. The van der Waals surface area contributed by atoms with Crippen LogP contribution >= 0.6 is 11.3 Å². The van der Waals surface area contributed by atoms with E-state index >= 15 is 0 Å². The second-order valence-electron chi connectivity index (χ2n) is 2.65. The first kappa shape index (κ1) is 8.26. The standard InChI is InChI=1S/C10H10N2S/c1-11-10-12-7-9(13-10)8-5-3-2-4-6-8/h2-7H,1H3,(H,11,12). The zero-order valence-corrected chi connectivity index (χ0v) is 8.14. The Labute approximate surface area is 81.3 Å². The second-order valence-corrected chi connectivity index (χ2v) is 3.68. The number of hydrogen-bond donors (Lipinski definition) is 1. The van der Waals surface area contributed by atoms with Gasteiger partial charge in [0, 0.05) is 13.2 Å². The molecule has 0 aliphatic heterocycles. The van der Waals surface area contributed by atoms with E-state index in [4.69, 9.17) is 0 Å². The number of nitrogens with zero attached hydrogens (tertiary/aromatic N) is 1. The lowest BCUT2D eigenvalue weighted by atomic mass is 10.2. The minimum Gasteiger partial charge on any atom is -0.365 e. The summed E-state index contributed by atoms with van der Waals surface area (Å²) >= 11 is 1.66. The van der Waals surface area contributed by atoms with Crippen molar-refractivity contribution in [3.8, 4) is 10.4 Å². The molecule has 0 saturated heterocycles. The third-order valence-corrected chi connectivity index (χ3v) is 2.84. The highest BCUT2D eigenvalue weighted by Gasteiger charge is 2.01. The van der Waals surface area contributed by atoms with Crippen molar-refractivity contribution in [2.75, 3.05) is 12.4 Å². The first-order chi connectivity index (χ1) is 6.40. The predicted octanol–water partition coefficient (Wildman–Crippen LogP) is 2.85. The lowest BCUT2D eigenvalue weighted by Crippen LogP contribution is -1.83. The lowest BCUT2D eigenvalue weighted by molar-refractivity contribution is 1.37. The number of aromatic nitrogens is 1. The molecule has 0 radical (unpaired) electrons. The summed E-state index contributed by atoms with van der Waals surface area (Å²) in [5.74, 6) is 0. The molecule has 0 aliphatic rings. The molecule has 0 unspecified atom stereocenters. The summed E-state index contributed by atoms with van der Waals surface area (Å²) in [5, 5.41) is 3.98. The highest BCUT2D eigenvalue weighted by molar-refractivity contribution is 7.18. The van der Waals surface area contributed by atoms with Gasteiger partial charge in [-0.05, 0) is 5.56 Å². The van der Waals surface area contributed by atoms with Crippen LogP contribution in [0.2, 0.25) is 0 Å². The van der Waals surface area contributed by atoms with Gasteiger partial charge in [-0.15, -0.1) is 0 Å². The third kappa shape index (κ3) is 1.70. The van der Waals surface area contributed by atoms with Gasteiger partial charge >= 0.3 is 0 Å². The van der Waals surface area contributed by atoms with Crippen molar-refractivity contribution in [3.05, 3.63) is 36.5 Å². The third-order valence-electron chi connectivity index (χ3n) is 1.78. The highest BCUT2D eigenvalue weighted by Crippen LogP contribution is 2.27. The van der Waals surface area contributed by atoms with Gasteiger partial charge in [-0.2, -0.15) is 0 Å². The first-order valence-corrected chi connectivity index (χ1v) is 4.91. The van der Waals surface area contributed by atoms with Gasteiger partial charge in [0.1, 0.15) is 0 Å². The Kier molecular flexibility index (Phi) is 2.27. The van der Waals surface area contributed by atoms with E-state index in [1.165, 1.54) is 10.4 Å². The molecule has 1 N–H and O–H groups in total. The van der Waals surface area contributed by atoms with E-state index in [0.717, 1.165) is 5.13 Å². The predicted molar refractivity (Wildman–Crippen MR) is 57.1 cm³/mol. The van der Waals surface area contributed by atoms with E-state index in [1.807, 2.05) is 31.4 Å². The normalized spacial score (nSPS) is 9.92. The quantitative estimate of drug-likeness (QED) is 0.787. The van der Waals surface area contributed by atoms with Crippen LogP contribution in [0, 0.1) is 0 Å². The van der Waals surface area contributed by atoms with E-state index in [2.05, 4.69) is 22.4 Å². The van der Waals surface area contributed by atoms with E-state index in [-0.39, 0.29) is 0 Å². The Morgan fingerprint density at radius 2 is 2.00 bits per heavy atom. The lowest BCUT2D eigenvalue weighted by Gasteiger charge is -1.93. The average molecular weight is 190 g/mol. The van der Waals surface area contributed by atoms with Gasteiger partial charge in [-0.3, -0.25) is 0 Å². The van der Waals surface area contributed by atoms with Gasteiger partial charge in [-0.1, -0.05) is 41.7 Å². The summed E-state index contributed by atoms with van der Waals surface area (Å²) < 4.78 is 0. The molecule has 0 amide bonds. The van der Waals surface area contributed by atoms with E-state index in [9.17, 15) is 0 Å². The smallest absolute Gasteiger partial charge is 0.182 e. The van der Waals surface area contributed by atoms with Crippen LogP contribution in [0.4, 0.5) is 5.13 Å². The SMILES string of the molecule is CNc1ncc(-c2ccccc2)s1. The summed E-state index contributed by atoms with van der Waals surface area (Å²) in [6.45, 7) is 0. The van der Waals surface area contributed by atoms with Crippen LogP contribution in [0.15, 0.2) is 36.5 Å². The fraction of sp³-hybridized carbons (Fsp3) is 0.100. The maximum atomic E-state index is 4.22. The Morgan fingerprint density at radius 1 is 1.23 bits per heavy atom. The zero-order valence-electron chi connectivity index (χ0n) is 7.32. The monoisotopic (exact) mass is 190 g/mol. The second kappa shape index (κ2) is 3.58. The van der Waals surface area contributed by atoms with E-state index in [1.54, 1.807) is 11.3 Å². The van der Waals surface area contributed by atoms with Gasteiger partial charge in [0.05, 0.1) is 4.88 Å². The summed E-state index contributed by atoms with van der Waals surface area (Å²) in [6.07, 6.45) is 1.89. The molecule has 66 valence electrons. The maximum absolute atomic E-state index is 4.22. The number of nitrogens with one attached hydrogen (secondary N) is 1. The number of hydrogen-bond acceptors (Lipinski definition) is 3. The minimum atomic E-state index is 0.957. The Bertz CT molecular complexity index is 381. The molecule has 0 bridgehead atoms. The molecule has 0 aliphatic carbocycles. The van der Waals surface area contributed by atoms with Gasteiger partial charge in [0.15, 0.2) is 5.13 Å². The van der Waals surface area contributed by atoms with Crippen LogP contribution < -0.4 is 5.32 Å². The van der Waals surface area contributed by atoms with E-state index < -0.39 is 0 Å². The fourth-order valence-electron chi connectivity index (χ4n) is 1.13. The van der Waals surface area contributed by atoms with Crippen LogP contribution in [0.25, 0.3) is 10.4 Å². The average Bonchev–Trinajstić information content (AvgIpc) is 2.67. The summed E-state index contributed by atoms with van der Waals surface area (Å²) in [5.41, 5.74) is 1.22. The number of anilines is 1. The molecule has 1 aromatic heterocycles. The van der Waals surface area contributed by atoms with Crippen molar-refractivity contribution in [3.63, 3.8) is 0 Å². The topological polar surface area (TPSA) is 24.9 Å². The highest BCUT2D eigenvalue weighted by atomic mass is 32.1. The van der Waals surface area contributed by atoms with Crippen molar-refractivity contribution in [1.29, 1.82) is 0 Å². The van der Waals surface area contributed by atoms with Gasteiger partial charge in [-0.25, -0.2) is 4.98 Å². The Hall–Kier alpha value is -1.35. The van der Waals surface area contributed by atoms with Crippen LogP contribution in [-0.2, 0) is 0 Å². The molecule has 0 atom stereocenters. The maximum Gasteiger partial charge on any atom is 0.182 e. The van der Waals surface area contributed by atoms with Crippen molar-refractivity contribution in [2.24, 2.45) is 0 Å². The molecule has 0 saturated carbocycles. The molecule has 1 heterocycles. The van der Waals surface area contributed by atoms with Crippen LogP contribution in [0.3, 0.4) is 0 Å². The van der Waals surface area contributed by atoms with Gasteiger partial charge in [0.2, 0.25) is 0 Å². The molecular weight excluding hydrogens is 180 g/mol. The molecule has 3 heteroatoms. The molecular formula is C10H10N2S. The number of benzene rings is 1. The van der Waals surface area contributed by atoms with E-state index in [0.29, 0.717) is 0 Å². The van der Waals surface area contributed by atoms with Crippen LogP contribution in [0.5, 0.6) is 0 Å². The fourth-order valence-corrected chi connectivity index (χ4v) is 1.90. The molecule has 13 heavy (non-hydrogen) atoms. The largest absolute Gasteiger partial charge is 0.365 e. The van der Waals surface area contributed by atoms with Crippen molar-refractivity contribution >= 4 is 16.5 Å². The number of thiazole rings is 1. The molecule has 2 rings (SSSR count). The van der Waals surface area contributed by atoms with Crippen molar-refractivity contribution < 1.29 is 0 Å². The summed E-state index contributed by atoms with van der Waals surface area (Å²) in [4.78, 5) is 5.42. The minimum absolute atomic E-state index is 0.957. The molecule has 2 aromatic rings. The summed E-state index contributed by atoms with van der Waals surface area (Å²) in [6, 6.07) is 10.3.